The SMILES string of the molecule is COc1c(C)cnc(CSc2ccc(C(F)(F)F)nn2)c1C. The van der Waals surface area contributed by atoms with Gasteiger partial charge in [-0.05, 0) is 26.0 Å². The third-order valence-corrected chi connectivity index (χ3v) is 3.97. The molecule has 0 saturated heterocycles. The van der Waals surface area contributed by atoms with Crippen LogP contribution >= 0.6 is 11.8 Å². The molecule has 0 saturated carbocycles. The van der Waals surface area contributed by atoms with E-state index in [0.29, 0.717) is 10.8 Å². The van der Waals surface area contributed by atoms with Crippen LogP contribution in [0.1, 0.15) is 22.5 Å². The fraction of sp³-hybridized carbons (Fsp3) is 0.357. The number of aromatic nitrogens is 3. The second-order valence-corrected chi connectivity index (χ2v) is 5.59. The van der Waals surface area contributed by atoms with E-state index < -0.39 is 11.9 Å². The number of pyridine rings is 1. The lowest BCUT2D eigenvalue weighted by atomic mass is 10.1. The van der Waals surface area contributed by atoms with Crippen LogP contribution in [0.3, 0.4) is 0 Å². The van der Waals surface area contributed by atoms with E-state index in [2.05, 4.69) is 15.2 Å². The summed E-state index contributed by atoms with van der Waals surface area (Å²) in [6.07, 6.45) is -2.77. The van der Waals surface area contributed by atoms with Gasteiger partial charge in [0.25, 0.3) is 0 Å². The first kappa shape index (κ1) is 16.5. The Kier molecular flexibility index (Phi) is 4.90. The van der Waals surface area contributed by atoms with Crippen molar-refractivity contribution in [1.82, 2.24) is 15.2 Å². The van der Waals surface area contributed by atoms with Crippen LogP contribution in [0.4, 0.5) is 13.2 Å². The van der Waals surface area contributed by atoms with Crippen LogP contribution < -0.4 is 4.74 Å². The van der Waals surface area contributed by atoms with Crippen molar-refractivity contribution in [2.24, 2.45) is 0 Å². The van der Waals surface area contributed by atoms with Gasteiger partial charge in [-0.2, -0.15) is 13.2 Å². The Morgan fingerprint density at radius 2 is 1.91 bits per heavy atom. The first-order valence-corrected chi connectivity index (χ1v) is 7.34. The molecule has 2 heterocycles. The molecule has 4 nitrogen and oxygen atoms in total. The van der Waals surface area contributed by atoms with Gasteiger partial charge in [-0.25, -0.2) is 0 Å². The highest BCUT2D eigenvalue weighted by molar-refractivity contribution is 7.98. The molecular weight excluding hydrogens is 315 g/mol. The van der Waals surface area contributed by atoms with Gasteiger partial charge in [0.05, 0.1) is 12.8 Å². The zero-order chi connectivity index (χ0) is 16.3. The molecule has 0 aliphatic heterocycles. The number of halogens is 3. The normalized spacial score (nSPS) is 11.5. The Labute approximate surface area is 130 Å². The molecule has 0 bridgehead atoms. The third kappa shape index (κ3) is 3.68. The average Bonchev–Trinajstić information content (AvgIpc) is 2.46. The highest BCUT2D eigenvalue weighted by Gasteiger charge is 2.32. The van der Waals surface area contributed by atoms with Gasteiger partial charge in [0.1, 0.15) is 10.8 Å². The maximum atomic E-state index is 12.4. The molecule has 2 aromatic rings. The molecule has 2 aromatic heterocycles. The van der Waals surface area contributed by atoms with Crippen LogP contribution in [0.5, 0.6) is 5.75 Å². The van der Waals surface area contributed by atoms with Gasteiger partial charge in [-0.3, -0.25) is 4.98 Å². The molecule has 0 aliphatic rings. The van der Waals surface area contributed by atoms with Crippen molar-refractivity contribution in [3.8, 4) is 5.75 Å². The second-order valence-electron chi connectivity index (χ2n) is 4.59. The summed E-state index contributed by atoms with van der Waals surface area (Å²) in [7, 11) is 1.59. The van der Waals surface area contributed by atoms with Gasteiger partial charge in [0.2, 0.25) is 0 Å². The molecule has 0 unspecified atom stereocenters. The monoisotopic (exact) mass is 329 g/mol. The van der Waals surface area contributed by atoms with E-state index in [1.165, 1.54) is 17.8 Å². The van der Waals surface area contributed by atoms with Crippen molar-refractivity contribution in [2.45, 2.75) is 30.8 Å². The number of nitrogens with zero attached hydrogens (tertiary/aromatic N) is 3. The number of ether oxygens (including phenoxy) is 1. The number of thioether (sulfide) groups is 1. The topological polar surface area (TPSA) is 47.9 Å². The smallest absolute Gasteiger partial charge is 0.435 e. The number of aryl methyl sites for hydroxylation is 1. The first-order chi connectivity index (χ1) is 10.3. The molecule has 0 atom stereocenters. The summed E-state index contributed by atoms with van der Waals surface area (Å²) < 4.78 is 42.6. The van der Waals surface area contributed by atoms with E-state index in [-0.39, 0.29) is 0 Å². The van der Waals surface area contributed by atoms with Crippen molar-refractivity contribution in [3.63, 3.8) is 0 Å². The molecule has 22 heavy (non-hydrogen) atoms. The molecule has 0 aromatic carbocycles. The first-order valence-electron chi connectivity index (χ1n) is 6.35. The number of hydrogen-bond acceptors (Lipinski definition) is 5. The Morgan fingerprint density at radius 3 is 2.45 bits per heavy atom. The number of alkyl halides is 3. The van der Waals surface area contributed by atoms with Crippen molar-refractivity contribution in [2.75, 3.05) is 7.11 Å². The predicted molar refractivity (Wildman–Crippen MR) is 76.9 cm³/mol. The fourth-order valence-electron chi connectivity index (χ4n) is 1.91. The fourth-order valence-corrected chi connectivity index (χ4v) is 2.75. The van der Waals surface area contributed by atoms with Crippen LogP contribution in [-0.4, -0.2) is 22.3 Å². The van der Waals surface area contributed by atoms with E-state index in [9.17, 15) is 13.2 Å². The minimum atomic E-state index is -4.47. The predicted octanol–water partition coefficient (Wildman–Crippen LogP) is 3.81. The third-order valence-electron chi connectivity index (χ3n) is 3.04. The van der Waals surface area contributed by atoms with Gasteiger partial charge in [0.15, 0.2) is 5.69 Å². The maximum absolute atomic E-state index is 12.4. The number of rotatable bonds is 4. The summed E-state index contributed by atoms with van der Waals surface area (Å²) in [5, 5.41) is 7.19. The summed E-state index contributed by atoms with van der Waals surface area (Å²) in [6, 6.07) is 2.23. The summed E-state index contributed by atoms with van der Waals surface area (Å²) in [4.78, 5) is 4.33. The lowest BCUT2D eigenvalue weighted by Gasteiger charge is -2.11. The standard InChI is InChI=1S/C14H14F3N3OS/c1-8-6-18-10(9(2)13(8)21-3)7-22-12-5-4-11(19-20-12)14(15,16)17/h4-6H,7H2,1-3H3. The molecule has 0 spiro atoms. The van der Waals surface area contributed by atoms with Crippen molar-refractivity contribution < 1.29 is 17.9 Å². The largest absolute Gasteiger partial charge is 0.496 e. The summed E-state index contributed by atoms with van der Waals surface area (Å²) in [5.41, 5.74) is 1.65. The second kappa shape index (κ2) is 6.51. The molecule has 2 rings (SSSR count). The highest BCUT2D eigenvalue weighted by atomic mass is 32.2. The van der Waals surface area contributed by atoms with Crippen LogP contribution in [0.2, 0.25) is 0 Å². The van der Waals surface area contributed by atoms with Crippen molar-refractivity contribution in [3.05, 3.63) is 40.8 Å². The summed E-state index contributed by atoms with van der Waals surface area (Å²) in [5.74, 6) is 1.24. The van der Waals surface area contributed by atoms with Gasteiger partial charge in [-0.15, -0.1) is 10.2 Å². The lowest BCUT2D eigenvalue weighted by molar-refractivity contribution is -0.141. The number of methoxy groups -OCH3 is 1. The van der Waals surface area contributed by atoms with Crippen molar-refractivity contribution >= 4 is 11.8 Å². The van der Waals surface area contributed by atoms with E-state index in [1.807, 2.05) is 13.8 Å². The molecular formula is C14H14F3N3OS. The minimum absolute atomic E-state index is 0.411. The number of hydrogen-bond donors (Lipinski definition) is 0. The Balaban J connectivity index is 2.11. The molecule has 0 aliphatic carbocycles. The zero-order valence-electron chi connectivity index (χ0n) is 12.2. The van der Waals surface area contributed by atoms with E-state index in [1.54, 1.807) is 13.3 Å². The average molecular weight is 329 g/mol. The zero-order valence-corrected chi connectivity index (χ0v) is 13.0. The van der Waals surface area contributed by atoms with Crippen LogP contribution in [0, 0.1) is 13.8 Å². The van der Waals surface area contributed by atoms with Gasteiger partial charge >= 0.3 is 6.18 Å². The molecule has 0 N–H and O–H groups in total. The minimum Gasteiger partial charge on any atom is -0.496 e. The maximum Gasteiger partial charge on any atom is 0.435 e. The highest BCUT2D eigenvalue weighted by Crippen LogP contribution is 2.30. The van der Waals surface area contributed by atoms with E-state index >= 15 is 0 Å². The Bertz CT molecular complexity index is 660. The molecule has 8 heteroatoms. The summed E-state index contributed by atoms with van der Waals surface area (Å²) in [6.45, 7) is 3.80. The Morgan fingerprint density at radius 1 is 1.18 bits per heavy atom. The molecule has 118 valence electrons. The van der Waals surface area contributed by atoms with Crippen LogP contribution in [0.25, 0.3) is 0 Å². The van der Waals surface area contributed by atoms with E-state index in [0.717, 1.165) is 28.6 Å². The van der Waals surface area contributed by atoms with Crippen molar-refractivity contribution in [1.29, 1.82) is 0 Å². The lowest BCUT2D eigenvalue weighted by Crippen LogP contribution is -2.08. The molecule has 0 amide bonds. The quantitative estimate of drug-likeness (QED) is 0.798. The van der Waals surface area contributed by atoms with Gasteiger partial charge in [0, 0.05) is 23.1 Å². The van der Waals surface area contributed by atoms with Gasteiger partial charge < -0.3 is 4.74 Å². The molecule has 0 radical (unpaired) electrons. The Hall–Kier alpha value is -1.83. The summed E-state index contributed by atoms with van der Waals surface area (Å²) >= 11 is 1.27. The molecule has 0 fully saturated rings. The van der Waals surface area contributed by atoms with Crippen LogP contribution in [0.15, 0.2) is 23.4 Å². The van der Waals surface area contributed by atoms with E-state index in [4.69, 9.17) is 4.74 Å². The van der Waals surface area contributed by atoms with Gasteiger partial charge in [-0.1, -0.05) is 11.8 Å². The van der Waals surface area contributed by atoms with Crippen LogP contribution in [-0.2, 0) is 11.9 Å².